The summed E-state index contributed by atoms with van der Waals surface area (Å²) in [5.74, 6) is -1.17. The molecule has 1 heterocycles. The number of piperidine rings is 1. The molecule has 124 valence electrons. The highest BCUT2D eigenvalue weighted by molar-refractivity contribution is 7.89. The van der Waals surface area contributed by atoms with Crippen LogP contribution in [-0.4, -0.2) is 28.1 Å². The first-order valence-corrected chi connectivity index (χ1v) is 8.25. The quantitative estimate of drug-likeness (QED) is 0.826. The van der Waals surface area contributed by atoms with Crippen LogP contribution in [0.15, 0.2) is 23.1 Å². The normalized spacial score (nSPS) is 20.1. The predicted octanol–water partition coefficient (Wildman–Crippen LogP) is 2.12. The summed E-state index contributed by atoms with van der Waals surface area (Å²) < 4.78 is 77.7. The number of nitrogens with one attached hydrogen (secondary N) is 2. The van der Waals surface area contributed by atoms with E-state index < -0.39 is 32.5 Å². The highest BCUT2D eigenvalue weighted by Gasteiger charge is 2.33. The molecule has 9 heteroatoms. The Balaban J connectivity index is 2.17. The second-order valence-corrected chi connectivity index (χ2v) is 6.94. The summed E-state index contributed by atoms with van der Waals surface area (Å²) in [7, 11) is -4.33. The third-order valence-corrected chi connectivity index (χ3v) is 4.95. The summed E-state index contributed by atoms with van der Waals surface area (Å²) in [6, 6.07) is 1.34. The van der Waals surface area contributed by atoms with Crippen molar-refractivity contribution in [3.05, 3.63) is 29.6 Å². The SMILES string of the molecule is O=S(=O)(NC[C@H]1CCCNC1)c1cc(C(F)(F)F)ccc1F. The molecular formula is C13H16F4N2O2S. The summed E-state index contributed by atoms with van der Waals surface area (Å²) in [5, 5.41) is 3.09. The van der Waals surface area contributed by atoms with Crippen LogP contribution in [0.5, 0.6) is 0 Å². The molecule has 4 nitrogen and oxygen atoms in total. The van der Waals surface area contributed by atoms with Gasteiger partial charge in [0.25, 0.3) is 0 Å². The molecule has 1 aliphatic rings. The van der Waals surface area contributed by atoms with Crippen LogP contribution in [0.2, 0.25) is 0 Å². The van der Waals surface area contributed by atoms with Crippen molar-refractivity contribution in [2.75, 3.05) is 19.6 Å². The molecule has 1 aliphatic heterocycles. The van der Waals surface area contributed by atoms with E-state index in [9.17, 15) is 26.0 Å². The van der Waals surface area contributed by atoms with Crippen molar-refractivity contribution < 1.29 is 26.0 Å². The Labute approximate surface area is 126 Å². The molecule has 0 amide bonds. The van der Waals surface area contributed by atoms with E-state index in [0.29, 0.717) is 24.7 Å². The van der Waals surface area contributed by atoms with E-state index in [-0.39, 0.29) is 12.5 Å². The van der Waals surface area contributed by atoms with Gasteiger partial charge < -0.3 is 5.32 Å². The van der Waals surface area contributed by atoms with E-state index in [0.717, 1.165) is 19.4 Å². The van der Waals surface area contributed by atoms with Gasteiger partial charge in [0.15, 0.2) is 0 Å². The van der Waals surface area contributed by atoms with Gasteiger partial charge >= 0.3 is 6.18 Å². The van der Waals surface area contributed by atoms with E-state index >= 15 is 0 Å². The molecule has 0 unspecified atom stereocenters. The number of hydrogen-bond acceptors (Lipinski definition) is 3. The van der Waals surface area contributed by atoms with Crippen LogP contribution in [0.25, 0.3) is 0 Å². The molecule has 0 aromatic heterocycles. The zero-order valence-electron chi connectivity index (χ0n) is 11.6. The maximum atomic E-state index is 13.6. The van der Waals surface area contributed by atoms with E-state index in [2.05, 4.69) is 10.0 Å². The Morgan fingerprint density at radius 1 is 1.32 bits per heavy atom. The first-order chi connectivity index (χ1) is 10.2. The topological polar surface area (TPSA) is 58.2 Å². The summed E-state index contributed by atoms with van der Waals surface area (Å²) in [5.41, 5.74) is -1.20. The van der Waals surface area contributed by atoms with E-state index in [1.165, 1.54) is 0 Å². The van der Waals surface area contributed by atoms with Gasteiger partial charge in [-0.25, -0.2) is 17.5 Å². The molecule has 1 fully saturated rings. The highest BCUT2D eigenvalue weighted by Crippen LogP contribution is 2.31. The Bertz CT molecular complexity index is 625. The maximum absolute atomic E-state index is 13.6. The average molecular weight is 340 g/mol. The monoisotopic (exact) mass is 340 g/mol. The molecule has 0 bridgehead atoms. The number of sulfonamides is 1. The summed E-state index contributed by atoms with van der Waals surface area (Å²) in [6.07, 6.45) is -3.03. The van der Waals surface area contributed by atoms with Crippen molar-refractivity contribution in [1.29, 1.82) is 0 Å². The molecule has 0 radical (unpaired) electrons. The van der Waals surface area contributed by atoms with Crippen LogP contribution < -0.4 is 10.0 Å². The lowest BCUT2D eigenvalue weighted by Gasteiger charge is -2.23. The number of halogens is 4. The van der Waals surface area contributed by atoms with Crippen LogP contribution in [0, 0.1) is 11.7 Å². The molecule has 1 atom stereocenters. The van der Waals surface area contributed by atoms with Gasteiger partial charge in [0.05, 0.1) is 5.56 Å². The van der Waals surface area contributed by atoms with Gasteiger partial charge in [0.1, 0.15) is 10.7 Å². The lowest BCUT2D eigenvalue weighted by Crippen LogP contribution is -2.38. The lowest BCUT2D eigenvalue weighted by atomic mass is 10.0. The van der Waals surface area contributed by atoms with Crippen molar-refractivity contribution in [2.24, 2.45) is 5.92 Å². The van der Waals surface area contributed by atoms with Crippen molar-refractivity contribution in [3.63, 3.8) is 0 Å². The first-order valence-electron chi connectivity index (χ1n) is 6.77. The van der Waals surface area contributed by atoms with E-state index in [1.54, 1.807) is 0 Å². The third-order valence-electron chi connectivity index (χ3n) is 3.51. The van der Waals surface area contributed by atoms with Crippen LogP contribution in [0.3, 0.4) is 0 Å². The Kier molecular flexibility index (Phi) is 5.08. The van der Waals surface area contributed by atoms with Crippen molar-refractivity contribution in [1.82, 2.24) is 10.0 Å². The lowest BCUT2D eigenvalue weighted by molar-refractivity contribution is -0.137. The summed E-state index contributed by atoms with van der Waals surface area (Å²) in [6.45, 7) is 1.53. The molecule has 0 aliphatic carbocycles. The fraction of sp³-hybridized carbons (Fsp3) is 0.538. The minimum absolute atomic E-state index is 0.0392. The molecule has 0 saturated carbocycles. The zero-order valence-corrected chi connectivity index (χ0v) is 12.4. The fourth-order valence-electron chi connectivity index (χ4n) is 2.29. The Hall–Kier alpha value is -1.19. The van der Waals surface area contributed by atoms with Gasteiger partial charge in [-0.15, -0.1) is 0 Å². The predicted molar refractivity (Wildman–Crippen MR) is 72.2 cm³/mol. The number of rotatable bonds is 4. The zero-order chi connectivity index (χ0) is 16.4. The maximum Gasteiger partial charge on any atom is 0.416 e. The van der Waals surface area contributed by atoms with Gasteiger partial charge in [-0.3, -0.25) is 0 Å². The fourth-order valence-corrected chi connectivity index (χ4v) is 3.51. The van der Waals surface area contributed by atoms with Gasteiger partial charge in [0, 0.05) is 6.54 Å². The molecule has 22 heavy (non-hydrogen) atoms. The van der Waals surface area contributed by atoms with Crippen LogP contribution in [-0.2, 0) is 16.2 Å². The number of benzene rings is 1. The van der Waals surface area contributed by atoms with Crippen LogP contribution in [0.4, 0.5) is 17.6 Å². The van der Waals surface area contributed by atoms with Gasteiger partial charge in [0.2, 0.25) is 10.0 Å². The third kappa shape index (κ3) is 4.17. The van der Waals surface area contributed by atoms with Crippen molar-refractivity contribution >= 4 is 10.0 Å². The van der Waals surface area contributed by atoms with E-state index in [1.807, 2.05) is 0 Å². The highest BCUT2D eigenvalue weighted by atomic mass is 32.2. The summed E-state index contributed by atoms with van der Waals surface area (Å²) >= 11 is 0. The number of hydrogen-bond donors (Lipinski definition) is 2. The minimum Gasteiger partial charge on any atom is -0.316 e. The average Bonchev–Trinajstić information content (AvgIpc) is 2.45. The first kappa shape index (κ1) is 17.2. The molecule has 1 aromatic rings. The molecule has 2 rings (SSSR count). The molecule has 0 spiro atoms. The number of alkyl halides is 3. The Morgan fingerprint density at radius 3 is 2.64 bits per heavy atom. The van der Waals surface area contributed by atoms with Gasteiger partial charge in [-0.1, -0.05) is 0 Å². The Morgan fingerprint density at radius 2 is 2.05 bits per heavy atom. The van der Waals surface area contributed by atoms with Crippen LogP contribution in [0.1, 0.15) is 18.4 Å². The second-order valence-electron chi connectivity index (χ2n) is 5.21. The second kappa shape index (κ2) is 6.51. The largest absolute Gasteiger partial charge is 0.416 e. The van der Waals surface area contributed by atoms with Crippen molar-refractivity contribution in [2.45, 2.75) is 23.9 Å². The minimum atomic E-state index is -4.73. The van der Waals surface area contributed by atoms with Gasteiger partial charge in [-0.2, -0.15) is 13.2 Å². The molecule has 1 aromatic carbocycles. The van der Waals surface area contributed by atoms with Crippen LogP contribution >= 0.6 is 0 Å². The smallest absolute Gasteiger partial charge is 0.316 e. The molecule has 2 N–H and O–H groups in total. The summed E-state index contributed by atoms with van der Waals surface area (Å²) in [4.78, 5) is -0.980. The molecular weight excluding hydrogens is 324 g/mol. The van der Waals surface area contributed by atoms with Gasteiger partial charge in [-0.05, 0) is 50.0 Å². The van der Waals surface area contributed by atoms with Crippen molar-refractivity contribution in [3.8, 4) is 0 Å². The molecule has 1 saturated heterocycles. The standard InChI is InChI=1S/C13H16F4N2O2S/c14-11-4-3-10(13(15,16)17)6-12(11)22(20,21)19-8-9-2-1-5-18-7-9/h3-4,6,9,18-19H,1-2,5,7-8H2/t9-/m0/s1. The van der Waals surface area contributed by atoms with E-state index in [4.69, 9.17) is 0 Å².